The van der Waals surface area contributed by atoms with E-state index in [1.54, 1.807) is 25.1 Å². The Hall–Kier alpha value is -3.43. The van der Waals surface area contributed by atoms with E-state index in [-0.39, 0.29) is 29.1 Å². The molecule has 0 aromatic heterocycles. The summed E-state index contributed by atoms with van der Waals surface area (Å²) >= 11 is 6.02. The SMILES string of the molecule is CCC(C)NC(=O)C(C)N(Cc1ccc(F)cc1)C(=O)CN(c1ccc(Cl)cc1)S(=O)(=O)c1ccccc1. The molecule has 2 amide bonds. The average Bonchev–Trinajstić information content (AvgIpc) is 2.91. The Morgan fingerprint density at radius 1 is 0.947 bits per heavy atom. The van der Waals surface area contributed by atoms with Crippen LogP contribution in [0.4, 0.5) is 10.1 Å². The molecule has 0 radical (unpaired) electrons. The summed E-state index contributed by atoms with van der Waals surface area (Å²) in [6.45, 7) is 4.77. The van der Waals surface area contributed by atoms with Crippen molar-refractivity contribution in [3.05, 3.63) is 95.3 Å². The summed E-state index contributed by atoms with van der Waals surface area (Å²) in [7, 11) is -4.15. The van der Waals surface area contributed by atoms with Crippen LogP contribution < -0.4 is 9.62 Å². The maximum absolute atomic E-state index is 13.8. The van der Waals surface area contributed by atoms with Gasteiger partial charge in [-0.1, -0.05) is 48.9 Å². The Bertz CT molecular complexity index is 1340. The van der Waals surface area contributed by atoms with E-state index in [0.717, 1.165) is 4.31 Å². The van der Waals surface area contributed by atoms with Gasteiger partial charge in [0.2, 0.25) is 11.8 Å². The highest BCUT2D eigenvalue weighted by molar-refractivity contribution is 7.92. The zero-order valence-corrected chi connectivity index (χ0v) is 23.0. The number of hydrogen-bond acceptors (Lipinski definition) is 4. The lowest BCUT2D eigenvalue weighted by atomic mass is 10.1. The van der Waals surface area contributed by atoms with Crippen LogP contribution in [0.15, 0.2) is 83.8 Å². The minimum atomic E-state index is -4.15. The van der Waals surface area contributed by atoms with Crippen molar-refractivity contribution in [1.29, 1.82) is 0 Å². The fraction of sp³-hybridized carbons (Fsp3) is 0.286. The lowest BCUT2D eigenvalue weighted by molar-refractivity contribution is -0.139. The molecule has 2 unspecified atom stereocenters. The summed E-state index contributed by atoms with van der Waals surface area (Å²) < 4.78 is 41.8. The first kappa shape index (κ1) is 29.1. The number of nitrogens with zero attached hydrogens (tertiary/aromatic N) is 2. The van der Waals surface area contributed by atoms with E-state index in [1.165, 1.54) is 65.6 Å². The van der Waals surface area contributed by atoms with Gasteiger partial charge in [-0.25, -0.2) is 12.8 Å². The highest BCUT2D eigenvalue weighted by Crippen LogP contribution is 2.26. The Kier molecular flexibility index (Phi) is 9.88. The van der Waals surface area contributed by atoms with Gasteiger partial charge in [0.25, 0.3) is 10.0 Å². The molecule has 7 nitrogen and oxygen atoms in total. The van der Waals surface area contributed by atoms with Crippen molar-refractivity contribution in [2.45, 2.75) is 50.7 Å². The van der Waals surface area contributed by atoms with Crippen LogP contribution in [0.1, 0.15) is 32.8 Å². The Morgan fingerprint density at radius 2 is 1.55 bits per heavy atom. The number of hydrogen-bond donors (Lipinski definition) is 1. The monoisotopic (exact) mass is 559 g/mol. The molecule has 202 valence electrons. The summed E-state index contributed by atoms with van der Waals surface area (Å²) in [6, 6.07) is 18.4. The van der Waals surface area contributed by atoms with E-state index < -0.39 is 34.3 Å². The lowest BCUT2D eigenvalue weighted by Crippen LogP contribution is -2.52. The van der Waals surface area contributed by atoms with Gasteiger partial charge in [-0.3, -0.25) is 13.9 Å². The van der Waals surface area contributed by atoms with Gasteiger partial charge in [0.15, 0.2) is 0 Å². The van der Waals surface area contributed by atoms with E-state index >= 15 is 0 Å². The number of anilines is 1. The van der Waals surface area contributed by atoms with Gasteiger partial charge in [-0.2, -0.15) is 0 Å². The number of halogens is 2. The third-order valence-electron chi connectivity index (χ3n) is 6.16. The molecule has 38 heavy (non-hydrogen) atoms. The Balaban J connectivity index is 2.00. The van der Waals surface area contributed by atoms with E-state index in [1.807, 2.05) is 13.8 Å². The molecule has 0 aliphatic rings. The molecule has 3 aromatic carbocycles. The van der Waals surface area contributed by atoms with Gasteiger partial charge in [0.05, 0.1) is 10.6 Å². The second-order valence-corrected chi connectivity index (χ2v) is 11.2. The highest BCUT2D eigenvalue weighted by Gasteiger charge is 2.32. The quantitative estimate of drug-likeness (QED) is 0.358. The summed E-state index contributed by atoms with van der Waals surface area (Å²) in [6.07, 6.45) is 0.698. The normalized spacial score (nSPS) is 12.9. The van der Waals surface area contributed by atoms with Gasteiger partial charge < -0.3 is 10.2 Å². The van der Waals surface area contributed by atoms with E-state index in [4.69, 9.17) is 11.6 Å². The van der Waals surface area contributed by atoms with Crippen LogP contribution in [0.2, 0.25) is 5.02 Å². The molecule has 0 spiro atoms. The third kappa shape index (κ3) is 7.33. The fourth-order valence-corrected chi connectivity index (χ4v) is 5.25. The molecule has 0 saturated heterocycles. The Labute approximate surface area is 228 Å². The molecule has 2 atom stereocenters. The van der Waals surface area contributed by atoms with Crippen molar-refractivity contribution in [2.75, 3.05) is 10.8 Å². The number of carbonyl (C=O) groups excluding carboxylic acids is 2. The third-order valence-corrected chi connectivity index (χ3v) is 8.20. The maximum Gasteiger partial charge on any atom is 0.264 e. The molecule has 1 N–H and O–H groups in total. The molecule has 10 heteroatoms. The largest absolute Gasteiger partial charge is 0.352 e. The summed E-state index contributed by atoms with van der Waals surface area (Å²) in [4.78, 5) is 28.1. The summed E-state index contributed by atoms with van der Waals surface area (Å²) in [5, 5.41) is 3.28. The first-order valence-corrected chi connectivity index (χ1v) is 14.0. The average molecular weight is 560 g/mol. The van der Waals surface area contributed by atoms with Crippen molar-refractivity contribution in [2.24, 2.45) is 0 Å². The second kappa shape index (κ2) is 12.9. The molecule has 0 saturated carbocycles. The topological polar surface area (TPSA) is 86.8 Å². The standard InChI is InChI=1S/C28H31ClFN3O4S/c1-4-20(2)31-28(35)21(3)32(18-22-10-14-24(30)15-11-22)27(34)19-33(25-16-12-23(29)13-17-25)38(36,37)26-8-6-5-7-9-26/h5-17,20-21H,4,18-19H2,1-3H3,(H,31,35). The predicted molar refractivity (Wildman–Crippen MR) is 147 cm³/mol. The number of benzene rings is 3. The second-order valence-electron chi connectivity index (χ2n) is 8.94. The van der Waals surface area contributed by atoms with Crippen LogP contribution in [-0.2, 0) is 26.2 Å². The number of amides is 2. The maximum atomic E-state index is 13.8. The predicted octanol–water partition coefficient (Wildman–Crippen LogP) is 5.01. The van der Waals surface area contributed by atoms with Crippen LogP contribution >= 0.6 is 11.6 Å². The van der Waals surface area contributed by atoms with E-state index in [2.05, 4.69) is 5.32 Å². The van der Waals surface area contributed by atoms with Crippen LogP contribution in [-0.4, -0.2) is 43.8 Å². The number of rotatable bonds is 11. The van der Waals surface area contributed by atoms with Gasteiger partial charge in [0.1, 0.15) is 18.4 Å². The van der Waals surface area contributed by atoms with Gasteiger partial charge in [-0.05, 0) is 74.4 Å². The zero-order valence-electron chi connectivity index (χ0n) is 21.5. The van der Waals surface area contributed by atoms with Crippen molar-refractivity contribution in [1.82, 2.24) is 10.2 Å². The highest BCUT2D eigenvalue weighted by atomic mass is 35.5. The lowest BCUT2D eigenvalue weighted by Gasteiger charge is -2.32. The van der Waals surface area contributed by atoms with Crippen LogP contribution in [0, 0.1) is 5.82 Å². The molecule has 0 bridgehead atoms. The Morgan fingerprint density at radius 3 is 2.13 bits per heavy atom. The molecule has 0 aliphatic carbocycles. The fourth-order valence-electron chi connectivity index (χ4n) is 3.69. The summed E-state index contributed by atoms with van der Waals surface area (Å²) in [5.41, 5.74) is 0.831. The molecule has 0 heterocycles. The van der Waals surface area contributed by atoms with Crippen LogP contribution in [0.5, 0.6) is 0 Å². The zero-order chi connectivity index (χ0) is 27.9. The van der Waals surface area contributed by atoms with Crippen molar-refractivity contribution < 1.29 is 22.4 Å². The van der Waals surface area contributed by atoms with Crippen molar-refractivity contribution >= 4 is 39.1 Å². The molecule has 3 aromatic rings. The van der Waals surface area contributed by atoms with Crippen LogP contribution in [0.25, 0.3) is 0 Å². The van der Waals surface area contributed by atoms with Gasteiger partial charge in [0, 0.05) is 17.6 Å². The molecular formula is C28H31ClFN3O4S. The first-order valence-electron chi connectivity index (χ1n) is 12.2. The summed E-state index contributed by atoms with van der Waals surface area (Å²) in [5.74, 6) is -1.41. The van der Waals surface area contributed by atoms with Crippen molar-refractivity contribution in [3.63, 3.8) is 0 Å². The van der Waals surface area contributed by atoms with Gasteiger partial charge in [-0.15, -0.1) is 0 Å². The minimum Gasteiger partial charge on any atom is -0.352 e. The number of nitrogens with one attached hydrogen (secondary N) is 1. The number of sulfonamides is 1. The molecule has 0 aliphatic heterocycles. The van der Waals surface area contributed by atoms with E-state index in [9.17, 15) is 22.4 Å². The smallest absolute Gasteiger partial charge is 0.264 e. The van der Waals surface area contributed by atoms with Crippen molar-refractivity contribution in [3.8, 4) is 0 Å². The minimum absolute atomic E-state index is 0.00963. The van der Waals surface area contributed by atoms with E-state index in [0.29, 0.717) is 17.0 Å². The molecular weight excluding hydrogens is 529 g/mol. The van der Waals surface area contributed by atoms with Gasteiger partial charge >= 0.3 is 0 Å². The van der Waals surface area contributed by atoms with Crippen LogP contribution in [0.3, 0.4) is 0 Å². The number of carbonyl (C=O) groups is 2. The molecule has 0 fully saturated rings. The first-order chi connectivity index (χ1) is 18.0. The molecule has 3 rings (SSSR count).